The molecule has 1 amide bonds. The standard InChI is InChI=1S/C12H20N2OS2/c1-8-5-12(6-8,10(13)16)11(15)14(2)9-3-4-17-7-9/h8-9H,3-7H2,1-2H3,(H2,13,16). The van der Waals surface area contributed by atoms with Crippen molar-refractivity contribution in [2.75, 3.05) is 18.6 Å². The summed E-state index contributed by atoms with van der Waals surface area (Å²) in [5, 5.41) is 0. The molecule has 17 heavy (non-hydrogen) atoms. The number of nitrogens with two attached hydrogens (primary N) is 1. The number of hydrogen-bond donors (Lipinski definition) is 1. The van der Waals surface area contributed by atoms with E-state index in [9.17, 15) is 4.79 Å². The fraction of sp³-hybridized carbons (Fsp3) is 0.833. The Labute approximate surface area is 112 Å². The predicted octanol–water partition coefficient (Wildman–Crippen LogP) is 1.65. The molecule has 0 aromatic heterocycles. The van der Waals surface area contributed by atoms with Crippen LogP contribution in [0.5, 0.6) is 0 Å². The monoisotopic (exact) mass is 272 g/mol. The number of hydrogen-bond acceptors (Lipinski definition) is 3. The molecule has 1 heterocycles. The van der Waals surface area contributed by atoms with E-state index in [0.29, 0.717) is 16.9 Å². The third kappa shape index (κ3) is 2.19. The first-order chi connectivity index (χ1) is 7.97. The summed E-state index contributed by atoms with van der Waals surface area (Å²) in [6.07, 6.45) is 2.74. The molecule has 96 valence electrons. The fourth-order valence-corrected chi connectivity index (χ4v) is 4.46. The van der Waals surface area contributed by atoms with E-state index in [2.05, 4.69) is 6.92 Å². The molecule has 3 nitrogen and oxygen atoms in total. The highest BCUT2D eigenvalue weighted by Gasteiger charge is 2.52. The first-order valence-electron chi connectivity index (χ1n) is 6.12. The van der Waals surface area contributed by atoms with Gasteiger partial charge >= 0.3 is 0 Å². The van der Waals surface area contributed by atoms with E-state index >= 15 is 0 Å². The topological polar surface area (TPSA) is 46.3 Å². The summed E-state index contributed by atoms with van der Waals surface area (Å²) in [5.74, 6) is 2.91. The number of carbonyl (C=O) groups is 1. The number of thiocarbonyl (C=S) groups is 1. The molecular weight excluding hydrogens is 252 g/mol. The smallest absolute Gasteiger partial charge is 0.235 e. The summed E-state index contributed by atoms with van der Waals surface area (Å²) in [5.41, 5.74) is 5.28. The van der Waals surface area contributed by atoms with Gasteiger partial charge in [0.25, 0.3) is 0 Å². The van der Waals surface area contributed by atoms with Crippen molar-refractivity contribution in [3.63, 3.8) is 0 Å². The Morgan fingerprint density at radius 2 is 2.18 bits per heavy atom. The molecular formula is C12H20N2OS2. The van der Waals surface area contributed by atoms with Gasteiger partial charge in [0.15, 0.2) is 0 Å². The van der Waals surface area contributed by atoms with Crippen molar-refractivity contribution >= 4 is 34.9 Å². The van der Waals surface area contributed by atoms with E-state index in [1.807, 2.05) is 23.7 Å². The molecule has 1 saturated carbocycles. The molecule has 2 fully saturated rings. The quantitative estimate of drug-likeness (QED) is 0.794. The number of thioether (sulfide) groups is 1. The molecule has 0 radical (unpaired) electrons. The molecule has 1 atom stereocenters. The summed E-state index contributed by atoms with van der Waals surface area (Å²) in [7, 11) is 1.90. The lowest BCUT2D eigenvalue weighted by Gasteiger charge is -2.47. The molecule has 1 saturated heterocycles. The van der Waals surface area contributed by atoms with Crippen LogP contribution >= 0.6 is 24.0 Å². The number of rotatable bonds is 3. The number of amides is 1. The average molecular weight is 272 g/mol. The van der Waals surface area contributed by atoms with Crippen LogP contribution in [0.2, 0.25) is 0 Å². The summed E-state index contributed by atoms with van der Waals surface area (Å²) in [6.45, 7) is 2.15. The van der Waals surface area contributed by atoms with E-state index in [4.69, 9.17) is 18.0 Å². The number of nitrogens with zero attached hydrogens (tertiary/aromatic N) is 1. The summed E-state index contributed by atoms with van der Waals surface area (Å²) in [4.78, 5) is 14.9. The van der Waals surface area contributed by atoms with Gasteiger partial charge in [0, 0.05) is 18.8 Å². The van der Waals surface area contributed by atoms with E-state index in [-0.39, 0.29) is 5.91 Å². The zero-order valence-electron chi connectivity index (χ0n) is 10.4. The highest BCUT2D eigenvalue weighted by Crippen LogP contribution is 2.47. The van der Waals surface area contributed by atoms with Crippen molar-refractivity contribution in [2.24, 2.45) is 17.1 Å². The van der Waals surface area contributed by atoms with Gasteiger partial charge < -0.3 is 10.6 Å². The lowest BCUT2D eigenvalue weighted by atomic mass is 9.61. The number of carbonyl (C=O) groups excluding carboxylic acids is 1. The maximum absolute atomic E-state index is 12.6. The Morgan fingerprint density at radius 3 is 2.59 bits per heavy atom. The predicted molar refractivity (Wildman–Crippen MR) is 76.1 cm³/mol. The van der Waals surface area contributed by atoms with Gasteiger partial charge in [0.1, 0.15) is 0 Å². The largest absolute Gasteiger partial charge is 0.392 e. The van der Waals surface area contributed by atoms with Gasteiger partial charge in [0.2, 0.25) is 5.91 Å². The van der Waals surface area contributed by atoms with Crippen LogP contribution in [0.15, 0.2) is 0 Å². The molecule has 5 heteroatoms. The van der Waals surface area contributed by atoms with Crippen LogP contribution in [-0.4, -0.2) is 40.4 Å². The van der Waals surface area contributed by atoms with Crippen LogP contribution in [0, 0.1) is 11.3 Å². The third-order valence-corrected chi connectivity index (χ3v) is 5.58. The van der Waals surface area contributed by atoms with Crippen LogP contribution in [0.1, 0.15) is 26.2 Å². The van der Waals surface area contributed by atoms with Gasteiger partial charge in [-0.15, -0.1) is 0 Å². The minimum absolute atomic E-state index is 0.149. The van der Waals surface area contributed by atoms with E-state index in [1.165, 1.54) is 0 Å². The first kappa shape index (κ1) is 13.1. The SMILES string of the molecule is CC1CC(C(=O)N(C)C2CCSC2)(C(N)=S)C1. The molecule has 1 aliphatic heterocycles. The Hall–Kier alpha value is -0.290. The van der Waals surface area contributed by atoms with Crippen LogP contribution in [-0.2, 0) is 4.79 Å². The van der Waals surface area contributed by atoms with Gasteiger partial charge in [-0.3, -0.25) is 4.79 Å². The Morgan fingerprint density at radius 1 is 1.53 bits per heavy atom. The summed E-state index contributed by atoms with van der Waals surface area (Å²) in [6, 6.07) is 0.370. The van der Waals surface area contributed by atoms with Gasteiger partial charge in [-0.1, -0.05) is 19.1 Å². The Balaban J connectivity index is 2.09. The maximum atomic E-state index is 12.6. The molecule has 0 spiro atoms. The van der Waals surface area contributed by atoms with Gasteiger partial charge in [-0.25, -0.2) is 0 Å². The molecule has 1 aliphatic carbocycles. The molecule has 0 aromatic rings. The molecule has 0 bridgehead atoms. The maximum Gasteiger partial charge on any atom is 0.235 e. The zero-order chi connectivity index (χ0) is 12.6. The van der Waals surface area contributed by atoms with Crippen molar-refractivity contribution in [3.8, 4) is 0 Å². The molecule has 2 aliphatic rings. The third-order valence-electron chi connectivity index (χ3n) is 4.05. The lowest BCUT2D eigenvalue weighted by Crippen LogP contribution is -2.58. The second-order valence-corrected chi connectivity index (χ2v) is 6.98. The molecule has 1 unspecified atom stereocenters. The van der Waals surface area contributed by atoms with Gasteiger partial charge in [-0.2, -0.15) is 11.8 Å². The van der Waals surface area contributed by atoms with Gasteiger partial charge in [-0.05, 0) is 30.9 Å². The minimum atomic E-state index is -0.531. The van der Waals surface area contributed by atoms with E-state index in [0.717, 1.165) is 30.8 Å². The van der Waals surface area contributed by atoms with Crippen LogP contribution in [0.4, 0.5) is 0 Å². The van der Waals surface area contributed by atoms with Crippen LogP contribution in [0.25, 0.3) is 0 Å². The summed E-state index contributed by atoms with van der Waals surface area (Å²) >= 11 is 7.04. The lowest BCUT2D eigenvalue weighted by molar-refractivity contribution is -0.144. The Bertz CT molecular complexity index is 333. The van der Waals surface area contributed by atoms with Crippen molar-refractivity contribution < 1.29 is 4.79 Å². The van der Waals surface area contributed by atoms with E-state index < -0.39 is 5.41 Å². The molecule has 2 N–H and O–H groups in total. The fourth-order valence-electron chi connectivity index (χ4n) is 2.94. The second-order valence-electron chi connectivity index (χ2n) is 5.39. The van der Waals surface area contributed by atoms with Crippen LogP contribution < -0.4 is 5.73 Å². The summed E-state index contributed by atoms with van der Waals surface area (Å²) < 4.78 is 0. The van der Waals surface area contributed by atoms with Crippen molar-refractivity contribution in [1.29, 1.82) is 0 Å². The average Bonchev–Trinajstić information content (AvgIpc) is 2.75. The van der Waals surface area contributed by atoms with Crippen molar-refractivity contribution in [2.45, 2.75) is 32.2 Å². The first-order valence-corrected chi connectivity index (χ1v) is 7.68. The molecule has 2 rings (SSSR count). The normalized spacial score (nSPS) is 36.4. The zero-order valence-corrected chi connectivity index (χ0v) is 12.1. The van der Waals surface area contributed by atoms with E-state index in [1.54, 1.807) is 0 Å². The molecule has 0 aromatic carbocycles. The second kappa shape index (κ2) is 4.76. The van der Waals surface area contributed by atoms with Crippen molar-refractivity contribution in [1.82, 2.24) is 4.90 Å². The minimum Gasteiger partial charge on any atom is -0.392 e. The Kier molecular flexibility index (Phi) is 3.69. The van der Waals surface area contributed by atoms with Crippen LogP contribution in [0.3, 0.4) is 0 Å². The highest BCUT2D eigenvalue weighted by atomic mass is 32.2. The van der Waals surface area contributed by atoms with Crippen molar-refractivity contribution in [3.05, 3.63) is 0 Å². The highest BCUT2D eigenvalue weighted by molar-refractivity contribution is 7.99. The van der Waals surface area contributed by atoms with Gasteiger partial charge in [0.05, 0.1) is 10.4 Å².